The predicted octanol–water partition coefficient (Wildman–Crippen LogP) is 1.34. The van der Waals surface area contributed by atoms with E-state index in [0.29, 0.717) is 18.2 Å². The highest BCUT2D eigenvalue weighted by Crippen LogP contribution is 2.42. The monoisotopic (exact) mass is 248 g/mol. The Morgan fingerprint density at radius 1 is 1.39 bits per heavy atom. The van der Waals surface area contributed by atoms with E-state index in [-0.39, 0.29) is 11.8 Å². The van der Waals surface area contributed by atoms with E-state index >= 15 is 0 Å². The highest BCUT2D eigenvalue weighted by atomic mass is 16.4. The minimum absolute atomic E-state index is 0.140. The molecule has 3 atom stereocenters. The SMILES string of the molecule is O=C(O)C1C2CCCC2CN1C(=O)c1ccc[nH]1. The number of amides is 1. The lowest BCUT2D eigenvalue weighted by Crippen LogP contribution is -2.43. The molecule has 0 bridgehead atoms. The first-order valence-electron chi connectivity index (χ1n) is 6.35. The molecule has 2 heterocycles. The van der Waals surface area contributed by atoms with E-state index in [4.69, 9.17) is 0 Å². The van der Waals surface area contributed by atoms with E-state index in [1.54, 1.807) is 18.3 Å². The summed E-state index contributed by atoms with van der Waals surface area (Å²) in [6.07, 6.45) is 4.74. The second-order valence-corrected chi connectivity index (χ2v) is 5.18. The van der Waals surface area contributed by atoms with Crippen molar-refractivity contribution in [1.29, 1.82) is 0 Å². The van der Waals surface area contributed by atoms with Crippen LogP contribution in [-0.4, -0.2) is 39.5 Å². The molecule has 2 N–H and O–H groups in total. The second-order valence-electron chi connectivity index (χ2n) is 5.18. The lowest BCUT2D eigenvalue weighted by Gasteiger charge is -2.23. The molecule has 3 rings (SSSR count). The van der Waals surface area contributed by atoms with Gasteiger partial charge in [-0.3, -0.25) is 4.79 Å². The van der Waals surface area contributed by atoms with Crippen LogP contribution in [0.4, 0.5) is 0 Å². The molecule has 1 saturated heterocycles. The molecule has 1 aliphatic heterocycles. The van der Waals surface area contributed by atoms with Crippen LogP contribution in [-0.2, 0) is 4.79 Å². The maximum atomic E-state index is 12.3. The number of fused-ring (bicyclic) bond motifs is 1. The first kappa shape index (κ1) is 11.3. The van der Waals surface area contributed by atoms with Gasteiger partial charge in [-0.25, -0.2) is 4.79 Å². The largest absolute Gasteiger partial charge is 0.480 e. The fourth-order valence-corrected chi connectivity index (χ4v) is 3.45. The van der Waals surface area contributed by atoms with Crippen LogP contribution in [0.5, 0.6) is 0 Å². The summed E-state index contributed by atoms with van der Waals surface area (Å²) in [5.74, 6) is -0.558. The number of carboxylic acids is 1. The number of aromatic nitrogens is 1. The third-order valence-corrected chi connectivity index (χ3v) is 4.23. The molecule has 2 aliphatic rings. The van der Waals surface area contributed by atoms with Gasteiger partial charge in [-0.1, -0.05) is 6.42 Å². The lowest BCUT2D eigenvalue weighted by molar-refractivity contribution is -0.142. The van der Waals surface area contributed by atoms with Crippen LogP contribution in [0.2, 0.25) is 0 Å². The smallest absolute Gasteiger partial charge is 0.326 e. The van der Waals surface area contributed by atoms with Crippen LogP contribution in [0.15, 0.2) is 18.3 Å². The highest BCUT2D eigenvalue weighted by Gasteiger charge is 2.49. The third-order valence-electron chi connectivity index (χ3n) is 4.23. The van der Waals surface area contributed by atoms with E-state index < -0.39 is 12.0 Å². The van der Waals surface area contributed by atoms with Gasteiger partial charge in [-0.2, -0.15) is 0 Å². The number of rotatable bonds is 2. The van der Waals surface area contributed by atoms with Crippen LogP contribution in [0.25, 0.3) is 0 Å². The van der Waals surface area contributed by atoms with Gasteiger partial charge in [-0.05, 0) is 36.8 Å². The molecular weight excluding hydrogens is 232 g/mol. The van der Waals surface area contributed by atoms with Crippen LogP contribution in [0, 0.1) is 11.8 Å². The molecule has 1 amide bonds. The fraction of sp³-hybridized carbons (Fsp3) is 0.538. The summed E-state index contributed by atoms with van der Waals surface area (Å²) in [7, 11) is 0. The first-order valence-corrected chi connectivity index (χ1v) is 6.35. The Labute approximate surface area is 105 Å². The summed E-state index contributed by atoms with van der Waals surface area (Å²) in [6, 6.07) is 2.79. The van der Waals surface area contributed by atoms with E-state index in [1.807, 2.05) is 0 Å². The Morgan fingerprint density at radius 2 is 2.22 bits per heavy atom. The number of hydrogen-bond donors (Lipinski definition) is 2. The van der Waals surface area contributed by atoms with E-state index in [1.165, 1.54) is 4.90 Å². The zero-order valence-corrected chi connectivity index (χ0v) is 10.0. The fourth-order valence-electron chi connectivity index (χ4n) is 3.45. The van der Waals surface area contributed by atoms with E-state index in [2.05, 4.69) is 4.98 Å². The summed E-state index contributed by atoms with van der Waals surface area (Å²) < 4.78 is 0. The van der Waals surface area contributed by atoms with Crippen molar-refractivity contribution in [2.24, 2.45) is 11.8 Å². The molecular formula is C13H16N2O3. The number of carboxylic acid groups (broad SMARTS) is 1. The Balaban J connectivity index is 1.87. The molecule has 18 heavy (non-hydrogen) atoms. The highest BCUT2D eigenvalue weighted by molar-refractivity contribution is 5.95. The zero-order chi connectivity index (χ0) is 12.7. The number of H-pyrrole nitrogens is 1. The predicted molar refractivity (Wildman–Crippen MR) is 64.1 cm³/mol. The molecule has 1 aromatic heterocycles. The van der Waals surface area contributed by atoms with Crippen molar-refractivity contribution in [2.45, 2.75) is 25.3 Å². The van der Waals surface area contributed by atoms with E-state index in [0.717, 1.165) is 19.3 Å². The molecule has 1 saturated carbocycles. The average molecular weight is 248 g/mol. The third kappa shape index (κ3) is 1.62. The molecule has 0 spiro atoms. The van der Waals surface area contributed by atoms with Crippen molar-refractivity contribution >= 4 is 11.9 Å². The van der Waals surface area contributed by atoms with Gasteiger partial charge >= 0.3 is 5.97 Å². The molecule has 1 aromatic rings. The Bertz CT molecular complexity index is 469. The van der Waals surface area contributed by atoms with Gasteiger partial charge in [0.15, 0.2) is 0 Å². The number of nitrogens with zero attached hydrogens (tertiary/aromatic N) is 1. The van der Waals surface area contributed by atoms with Crippen molar-refractivity contribution in [3.8, 4) is 0 Å². The van der Waals surface area contributed by atoms with E-state index in [9.17, 15) is 14.7 Å². The Hall–Kier alpha value is -1.78. The van der Waals surface area contributed by atoms with Gasteiger partial charge in [0.2, 0.25) is 0 Å². The van der Waals surface area contributed by atoms with Gasteiger partial charge in [0.25, 0.3) is 5.91 Å². The Kier molecular flexibility index (Phi) is 2.61. The molecule has 0 aromatic carbocycles. The van der Waals surface area contributed by atoms with Crippen LogP contribution < -0.4 is 0 Å². The van der Waals surface area contributed by atoms with Crippen LogP contribution >= 0.6 is 0 Å². The van der Waals surface area contributed by atoms with Crippen molar-refractivity contribution in [2.75, 3.05) is 6.54 Å². The number of aromatic amines is 1. The number of aliphatic carboxylic acids is 1. The second kappa shape index (κ2) is 4.15. The number of carbonyl (C=O) groups is 2. The Morgan fingerprint density at radius 3 is 2.89 bits per heavy atom. The summed E-state index contributed by atoms with van der Waals surface area (Å²) >= 11 is 0. The van der Waals surface area contributed by atoms with Gasteiger partial charge in [0.05, 0.1) is 0 Å². The molecule has 1 aliphatic carbocycles. The standard InChI is InChI=1S/C13H16N2O3/c16-12(10-5-2-6-14-10)15-7-8-3-1-4-9(8)11(15)13(17)18/h2,5-6,8-9,11,14H,1,3-4,7H2,(H,17,18). The van der Waals surface area contributed by atoms with Crippen molar-refractivity contribution in [3.05, 3.63) is 24.0 Å². The van der Waals surface area contributed by atoms with Gasteiger partial charge in [0, 0.05) is 12.7 Å². The molecule has 0 radical (unpaired) electrons. The zero-order valence-electron chi connectivity index (χ0n) is 10.0. The lowest BCUT2D eigenvalue weighted by atomic mass is 9.94. The van der Waals surface area contributed by atoms with Crippen molar-refractivity contribution < 1.29 is 14.7 Å². The average Bonchev–Trinajstić information content (AvgIpc) is 3.03. The summed E-state index contributed by atoms with van der Waals surface area (Å²) in [4.78, 5) is 28.1. The normalized spacial score (nSPS) is 30.4. The molecule has 5 heteroatoms. The summed E-state index contributed by atoms with van der Waals surface area (Å²) in [5, 5.41) is 9.37. The molecule has 3 unspecified atom stereocenters. The first-order chi connectivity index (χ1) is 8.68. The summed E-state index contributed by atoms with van der Waals surface area (Å²) in [6.45, 7) is 0.583. The number of nitrogens with one attached hydrogen (secondary N) is 1. The maximum absolute atomic E-state index is 12.3. The van der Waals surface area contributed by atoms with Gasteiger partial charge < -0.3 is 15.0 Å². The topological polar surface area (TPSA) is 73.4 Å². The number of hydrogen-bond acceptors (Lipinski definition) is 2. The summed E-state index contributed by atoms with van der Waals surface area (Å²) in [5.41, 5.74) is 0.473. The number of carbonyl (C=O) groups excluding carboxylic acids is 1. The quantitative estimate of drug-likeness (QED) is 0.829. The van der Waals surface area contributed by atoms with Gasteiger partial charge in [-0.15, -0.1) is 0 Å². The molecule has 5 nitrogen and oxygen atoms in total. The van der Waals surface area contributed by atoms with Crippen LogP contribution in [0.1, 0.15) is 29.8 Å². The van der Waals surface area contributed by atoms with Crippen molar-refractivity contribution in [3.63, 3.8) is 0 Å². The minimum Gasteiger partial charge on any atom is -0.480 e. The number of likely N-dealkylation sites (tertiary alicyclic amines) is 1. The molecule has 2 fully saturated rings. The maximum Gasteiger partial charge on any atom is 0.326 e. The van der Waals surface area contributed by atoms with Crippen LogP contribution in [0.3, 0.4) is 0 Å². The van der Waals surface area contributed by atoms with Crippen molar-refractivity contribution in [1.82, 2.24) is 9.88 Å². The molecule has 96 valence electrons. The van der Waals surface area contributed by atoms with Gasteiger partial charge in [0.1, 0.15) is 11.7 Å². The minimum atomic E-state index is -0.871.